The molecule has 2 amide bonds. The first-order chi connectivity index (χ1) is 22.4. The van der Waals surface area contributed by atoms with Gasteiger partial charge < -0.3 is 25.6 Å². The number of pyridine rings is 2. The lowest BCUT2D eigenvalue weighted by molar-refractivity contribution is 0.0284. The maximum Gasteiger partial charge on any atom is 0.333 e. The van der Waals surface area contributed by atoms with E-state index in [-0.39, 0.29) is 52.5 Å². The average molecular weight is 652 g/mol. The first-order valence-corrected chi connectivity index (χ1v) is 14.9. The van der Waals surface area contributed by atoms with Crippen LogP contribution in [0.15, 0.2) is 54.9 Å². The fourth-order valence-corrected chi connectivity index (χ4v) is 5.58. The van der Waals surface area contributed by atoms with Crippen molar-refractivity contribution in [2.24, 2.45) is 5.73 Å². The molecule has 1 aromatic carbocycles. The molecule has 0 aliphatic heterocycles. The molecule has 0 unspecified atom stereocenters. The number of carbonyl (C=O) groups excluding carboxylic acids is 2. The van der Waals surface area contributed by atoms with E-state index in [0.717, 1.165) is 0 Å². The highest BCUT2D eigenvalue weighted by Crippen LogP contribution is 2.31. The zero-order valence-corrected chi connectivity index (χ0v) is 25.5. The van der Waals surface area contributed by atoms with Gasteiger partial charge in [-0.05, 0) is 81.5 Å². The van der Waals surface area contributed by atoms with Crippen molar-refractivity contribution in [3.63, 3.8) is 0 Å². The number of halogens is 3. The summed E-state index contributed by atoms with van der Waals surface area (Å²) in [5.41, 5.74) is 6.32. The third kappa shape index (κ3) is 6.84. The number of primary amides is 1. The fourth-order valence-electron chi connectivity index (χ4n) is 5.58. The van der Waals surface area contributed by atoms with E-state index < -0.39 is 29.9 Å². The quantitative estimate of drug-likeness (QED) is 0.184. The van der Waals surface area contributed by atoms with Crippen LogP contribution in [-0.4, -0.2) is 65.7 Å². The van der Waals surface area contributed by atoms with Gasteiger partial charge in [0.05, 0.1) is 16.6 Å². The Bertz CT molecular complexity index is 1940. The van der Waals surface area contributed by atoms with Crippen LogP contribution in [0.2, 0.25) is 0 Å². The van der Waals surface area contributed by atoms with Crippen LogP contribution in [0.3, 0.4) is 0 Å². The number of benzene rings is 1. The zero-order chi connectivity index (χ0) is 33.5. The van der Waals surface area contributed by atoms with Crippen molar-refractivity contribution in [2.75, 3.05) is 6.61 Å². The van der Waals surface area contributed by atoms with E-state index in [1.807, 2.05) is 0 Å². The number of ether oxygens (including phenoxy) is 2. The monoisotopic (exact) mass is 651 g/mol. The minimum atomic E-state index is -2.99. The van der Waals surface area contributed by atoms with Gasteiger partial charge in [0.2, 0.25) is 11.8 Å². The average Bonchev–Trinajstić information content (AvgIpc) is 3.59. The summed E-state index contributed by atoms with van der Waals surface area (Å²) in [5, 5.41) is 21.4. The minimum absolute atomic E-state index is 0.0228. The van der Waals surface area contributed by atoms with E-state index in [4.69, 9.17) is 15.2 Å². The number of carbonyl (C=O) groups is 2. The molecule has 0 radical (unpaired) electrons. The van der Waals surface area contributed by atoms with E-state index >= 15 is 0 Å². The summed E-state index contributed by atoms with van der Waals surface area (Å²) in [7, 11) is 0. The zero-order valence-electron chi connectivity index (χ0n) is 25.5. The van der Waals surface area contributed by atoms with Crippen molar-refractivity contribution < 1.29 is 37.3 Å². The number of aliphatic hydroxyl groups is 1. The number of rotatable bonds is 10. The number of nitrogens with two attached hydrogens (primary N) is 1. The number of amides is 2. The van der Waals surface area contributed by atoms with Gasteiger partial charge in [0, 0.05) is 35.5 Å². The Balaban J connectivity index is 1.13. The molecule has 6 rings (SSSR count). The predicted octanol–water partition coefficient (Wildman–Crippen LogP) is 4.65. The van der Waals surface area contributed by atoms with Crippen LogP contribution in [0.4, 0.5) is 13.2 Å². The molecule has 4 aromatic heterocycles. The second-order valence-corrected chi connectivity index (χ2v) is 12.1. The molecule has 0 atom stereocenters. The number of hydrogen-bond donors (Lipinski definition) is 3. The van der Waals surface area contributed by atoms with E-state index in [9.17, 15) is 27.9 Å². The van der Waals surface area contributed by atoms with Gasteiger partial charge in [-0.15, -0.1) is 5.10 Å². The van der Waals surface area contributed by atoms with Crippen LogP contribution in [0.5, 0.6) is 11.6 Å². The lowest BCUT2D eigenvalue weighted by Crippen LogP contribution is -2.40. The van der Waals surface area contributed by atoms with Crippen LogP contribution in [0, 0.1) is 5.95 Å². The van der Waals surface area contributed by atoms with Gasteiger partial charge in [-0.25, -0.2) is 14.2 Å². The molecule has 1 fully saturated rings. The van der Waals surface area contributed by atoms with Gasteiger partial charge in [-0.3, -0.25) is 9.59 Å². The maximum atomic E-state index is 13.8. The van der Waals surface area contributed by atoms with Gasteiger partial charge in [-0.1, -0.05) is 0 Å². The molecule has 4 heterocycles. The Labute approximate surface area is 266 Å². The summed E-state index contributed by atoms with van der Waals surface area (Å²) < 4.78 is 54.6. The summed E-state index contributed by atoms with van der Waals surface area (Å²) in [6.45, 7) is 0.0612. The lowest BCUT2D eigenvalue weighted by Gasteiger charge is -2.28. The normalized spacial score (nSPS) is 16.9. The number of fused-ring (bicyclic) bond motifs is 2. The van der Waals surface area contributed by atoms with Crippen LogP contribution in [0.1, 0.15) is 66.9 Å². The van der Waals surface area contributed by atoms with E-state index in [0.29, 0.717) is 47.0 Å². The second kappa shape index (κ2) is 12.5. The molecule has 15 heteroatoms. The molecular weight excluding hydrogens is 619 g/mol. The molecule has 12 nitrogen and oxygen atoms in total. The van der Waals surface area contributed by atoms with Crippen molar-refractivity contribution >= 4 is 28.2 Å². The van der Waals surface area contributed by atoms with Crippen molar-refractivity contribution in [2.45, 2.75) is 63.8 Å². The minimum Gasteiger partial charge on any atom is -0.491 e. The van der Waals surface area contributed by atoms with E-state index in [2.05, 4.69) is 20.5 Å². The molecule has 47 heavy (non-hydrogen) atoms. The Hall–Kier alpha value is -5.18. The summed E-state index contributed by atoms with van der Waals surface area (Å²) in [5.74, 6) is -1.59. The highest BCUT2D eigenvalue weighted by Gasteiger charge is 2.29. The topological polar surface area (TPSA) is 159 Å². The molecule has 0 saturated heterocycles. The Morgan fingerprint density at radius 3 is 2.49 bits per heavy atom. The number of nitrogens with zero attached hydrogens (tertiary/aromatic N) is 5. The number of hydrogen-bond acceptors (Lipinski definition) is 8. The standard InChI is InChI=1S/C32H32F3N7O5/c1-32(2,45)16-46-21-8-9-22-23(14-21)42(31(34)35)39-27(22)29(44)38-19-4-6-20(7-5-19)47-30-26(28(36)43)24-13-17(11-12-41(24)40-30)18-3-10-25(33)37-15-18/h3,8-15,19-20,31,45H,4-7,16H2,1-2H3,(H2,36,43)(H,38,44)/t19-,20-. The Morgan fingerprint density at radius 1 is 1.06 bits per heavy atom. The van der Waals surface area contributed by atoms with Crippen LogP contribution in [0.25, 0.3) is 27.5 Å². The highest BCUT2D eigenvalue weighted by atomic mass is 19.3. The summed E-state index contributed by atoms with van der Waals surface area (Å²) in [6.07, 6.45) is 4.75. The summed E-state index contributed by atoms with van der Waals surface area (Å²) in [6, 6.07) is 10.4. The first kappa shape index (κ1) is 31.8. The molecule has 4 N–H and O–H groups in total. The molecule has 0 bridgehead atoms. The van der Waals surface area contributed by atoms with Crippen molar-refractivity contribution in [1.82, 2.24) is 29.7 Å². The van der Waals surface area contributed by atoms with Gasteiger partial charge in [0.1, 0.15) is 24.0 Å². The summed E-state index contributed by atoms with van der Waals surface area (Å²) >= 11 is 0. The highest BCUT2D eigenvalue weighted by molar-refractivity contribution is 6.05. The third-order valence-corrected chi connectivity index (χ3v) is 7.87. The summed E-state index contributed by atoms with van der Waals surface area (Å²) in [4.78, 5) is 29.4. The van der Waals surface area contributed by atoms with Crippen LogP contribution < -0.4 is 20.5 Å². The Kier molecular flexibility index (Phi) is 8.49. The molecule has 1 saturated carbocycles. The largest absolute Gasteiger partial charge is 0.491 e. The molecule has 246 valence electrons. The number of aromatic nitrogens is 5. The molecule has 0 spiro atoms. The molecule has 1 aliphatic rings. The first-order valence-electron chi connectivity index (χ1n) is 14.9. The number of nitrogens with one attached hydrogen (secondary N) is 1. The van der Waals surface area contributed by atoms with Gasteiger partial charge in [-0.2, -0.15) is 18.3 Å². The second-order valence-electron chi connectivity index (χ2n) is 12.1. The smallest absolute Gasteiger partial charge is 0.333 e. The number of alkyl halides is 2. The van der Waals surface area contributed by atoms with Crippen molar-refractivity contribution in [1.29, 1.82) is 0 Å². The fraction of sp³-hybridized carbons (Fsp3) is 0.344. The van der Waals surface area contributed by atoms with Crippen LogP contribution >= 0.6 is 0 Å². The third-order valence-electron chi connectivity index (χ3n) is 7.87. The molecule has 5 aromatic rings. The van der Waals surface area contributed by atoms with E-state index in [1.54, 1.807) is 38.2 Å². The van der Waals surface area contributed by atoms with Gasteiger partial charge in [0.15, 0.2) is 5.69 Å². The van der Waals surface area contributed by atoms with Gasteiger partial charge in [0.25, 0.3) is 11.8 Å². The maximum absolute atomic E-state index is 13.8. The van der Waals surface area contributed by atoms with E-state index in [1.165, 1.54) is 35.0 Å². The van der Waals surface area contributed by atoms with Crippen molar-refractivity contribution in [3.05, 3.63) is 72.1 Å². The predicted molar refractivity (Wildman–Crippen MR) is 164 cm³/mol. The van der Waals surface area contributed by atoms with Gasteiger partial charge >= 0.3 is 6.55 Å². The molecular formula is C32H32F3N7O5. The molecule has 1 aliphatic carbocycles. The lowest BCUT2D eigenvalue weighted by atomic mass is 9.92. The Morgan fingerprint density at radius 2 is 1.83 bits per heavy atom. The SMILES string of the molecule is CC(C)(O)COc1ccc2c(C(=O)N[C@H]3CC[C@H](Oc4nn5ccc(-c6ccc(F)nc6)cc5c4C(N)=O)CC3)nn(C(F)F)c2c1. The van der Waals surface area contributed by atoms with Crippen molar-refractivity contribution in [3.8, 4) is 22.8 Å². The van der Waals surface area contributed by atoms with Crippen LogP contribution in [-0.2, 0) is 0 Å².